The minimum absolute atomic E-state index is 0.559. The largest absolute Gasteiger partial charge is 0.316 e. The molecule has 0 amide bonds. The van der Waals surface area contributed by atoms with Crippen molar-refractivity contribution in [3.05, 3.63) is 0 Å². The summed E-state index contributed by atoms with van der Waals surface area (Å²) in [6.45, 7) is 11.8. The average molecular weight is 198 g/mol. The summed E-state index contributed by atoms with van der Waals surface area (Å²) < 4.78 is 0. The Morgan fingerprint density at radius 2 is 2.14 bits per heavy atom. The van der Waals surface area contributed by atoms with E-state index < -0.39 is 0 Å². The van der Waals surface area contributed by atoms with Crippen LogP contribution < -0.4 is 5.32 Å². The summed E-state index contributed by atoms with van der Waals surface area (Å²) in [5.41, 5.74) is 0.559. The van der Waals surface area contributed by atoms with Crippen molar-refractivity contribution in [3.8, 4) is 0 Å². The van der Waals surface area contributed by atoms with Gasteiger partial charge in [0.15, 0.2) is 0 Å². The predicted octanol–water partition coefficient (Wildman–Crippen LogP) is 1.96. The SMILES string of the molecule is CCC1(CN(C)CC(C)C)CCNC1. The van der Waals surface area contributed by atoms with Gasteiger partial charge in [-0.25, -0.2) is 0 Å². The third kappa shape index (κ3) is 3.25. The van der Waals surface area contributed by atoms with E-state index in [-0.39, 0.29) is 0 Å². The highest BCUT2D eigenvalue weighted by Crippen LogP contribution is 2.30. The van der Waals surface area contributed by atoms with Crippen molar-refractivity contribution in [2.75, 3.05) is 33.2 Å². The maximum atomic E-state index is 3.50. The molecule has 0 aromatic heterocycles. The van der Waals surface area contributed by atoms with Gasteiger partial charge in [0.05, 0.1) is 0 Å². The van der Waals surface area contributed by atoms with Gasteiger partial charge in [-0.1, -0.05) is 20.8 Å². The normalized spacial score (nSPS) is 27.9. The lowest BCUT2D eigenvalue weighted by atomic mass is 9.83. The molecule has 2 heteroatoms. The van der Waals surface area contributed by atoms with Crippen LogP contribution in [0.15, 0.2) is 0 Å². The third-order valence-corrected chi connectivity index (χ3v) is 3.36. The molecule has 1 atom stereocenters. The number of rotatable bonds is 5. The standard InChI is InChI=1S/C12H26N2/c1-5-12(6-7-13-9-12)10-14(4)8-11(2)3/h11,13H,5-10H2,1-4H3. The lowest BCUT2D eigenvalue weighted by Crippen LogP contribution is -2.38. The molecule has 1 aliphatic rings. The first-order valence-corrected chi connectivity index (χ1v) is 5.97. The summed E-state index contributed by atoms with van der Waals surface area (Å²) in [6.07, 6.45) is 2.66. The Hall–Kier alpha value is -0.0800. The van der Waals surface area contributed by atoms with E-state index >= 15 is 0 Å². The van der Waals surface area contributed by atoms with Crippen LogP contribution in [0, 0.1) is 11.3 Å². The van der Waals surface area contributed by atoms with Gasteiger partial charge >= 0.3 is 0 Å². The lowest BCUT2D eigenvalue weighted by Gasteiger charge is -2.32. The van der Waals surface area contributed by atoms with Gasteiger partial charge in [0, 0.05) is 19.6 Å². The van der Waals surface area contributed by atoms with Crippen LogP contribution in [0.25, 0.3) is 0 Å². The van der Waals surface area contributed by atoms with Gasteiger partial charge in [-0.2, -0.15) is 0 Å². The van der Waals surface area contributed by atoms with Crippen LogP contribution in [0.2, 0.25) is 0 Å². The van der Waals surface area contributed by atoms with Gasteiger partial charge in [-0.05, 0) is 37.8 Å². The van der Waals surface area contributed by atoms with E-state index in [1.807, 2.05) is 0 Å². The molecule has 1 unspecified atom stereocenters. The molecule has 1 fully saturated rings. The summed E-state index contributed by atoms with van der Waals surface area (Å²) in [4.78, 5) is 2.50. The smallest absolute Gasteiger partial charge is 0.00476 e. The van der Waals surface area contributed by atoms with Gasteiger partial charge < -0.3 is 10.2 Å². The van der Waals surface area contributed by atoms with Crippen LogP contribution in [0.4, 0.5) is 0 Å². The monoisotopic (exact) mass is 198 g/mol. The van der Waals surface area contributed by atoms with Crippen LogP contribution >= 0.6 is 0 Å². The minimum Gasteiger partial charge on any atom is -0.316 e. The second-order valence-corrected chi connectivity index (χ2v) is 5.37. The highest BCUT2D eigenvalue weighted by atomic mass is 15.1. The maximum Gasteiger partial charge on any atom is 0.00476 e. The van der Waals surface area contributed by atoms with Crippen LogP contribution in [0.1, 0.15) is 33.6 Å². The fraction of sp³-hybridized carbons (Fsp3) is 1.00. The number of nitrogens with one attached hydrogen (secondary N) is 1. The van der Waals surface area contributed by atoms with Gasteiger partial charge in [-0.3, -0.25) is 0 Å². The van der Waals surface area contributed by atoms with Crippen LogP contribution in [0.3, 0.4) is 0 Å². The molecule has 1 rings (SSSR count). The van der Waals surface area contributed by atoms with Crippen LogP contribution in [-0.4, -0.2) is 38.1 Å². The van der Waals surface area contributed by atoms with E-state index in [4.69, 9.17) is 0 Å². The summed E-state index contributed by atoms with van der Waals surface area (Å²) in [5, 5.41) is 3.50. The predicted molar refractivity (Wildman–Crippen MR) is 62.5 cm³/mol. The molecule has 84 valence electrons. The Kier molecular flexibility index (Phi) is 4.39. The second-order valence-electron chi connectivity index (χ2n) is 5.37. The molecule has 0 saturated carbocycles. The van der Waals surface area contributed by atoms with Crippen molar-refractivity contribution in [1.29, 1.82) is 0 Å². The molecule has 0 spiro atoms. The zero-order valence-corrected chi connectivity index (χ0v) is 10.3. The van der Waals surface area contributed by atoms with Gasteiger partial charge in [-0.15, -0.1) is 0 Å². The fourth-order valence-electron chi connectivity index (χ4n) is 2.60. The molecule has 0 radical (unpaired) electrons. The highest BCUT2D eigenvalue weighted by molar-refractivity contribution is 4.88. The van der Waals surface area contributed by atoms with Crippen LogP contribution in [0.5, 0.6) is 0 Å². The van der Waals surface area contributed by atoms with E-state index in [9.17, 15) is 0 Å². The molecule has 2 nitrogen and oxygen atoms in total. The molecule has 0 aromatic carbocycles. The molecule has 0 aliphatic carbocycles. The van der Waals surface area contributed by atoms with Crippen molar-refractivity contribution < 1.29 is 0 Å². The van der Waals surface area contributed by atoms with E-state index in [1.54, 1.807) is 0 Å². The molecular formula is C12H26N2. The van der Waals surface area contributed by atoms with Crippen molar-refractivity contribution in [3.63, 3.8) is 0 Å². The Bertz CT molecular complexity index is 160. The van der Waals surface area contributed by atoms with E-state index in [0.717, 1.165) is 5.92 Å². The topological polar surface area (TPSA) is 15.3 Å². The second kappa shape index (κ2) is 5.13. The number of hydrogen-bond acceptors (Lipinski definition) is 2. The minimum atomic E-state index is 0.559. The van der Waals surface area contributed by atoms with Crippen molar-refractivity contribution in [1.82, 2.24) is 10.2 Å². The van der Waals surface area contributed by atoms with Crippen LogP contribution in [-0.2, 0) is 0 Å². The molecule has 1 saturated heterocycles. The Morgan fingerprint density at radius 1 is 1.43 bits per heavy atom. The lowest BCUT2D eigenvalue weighted by molar-refractivity contribution is 0.172. The number of nitrogens with zero attached hydrogens (tertiary/aromatic N) is 1. The molecule has 0 bridgehead atoms. The molecule has 14 heavy (non-hydrogen) atoms. The third-order valence-electron chi connectivity index (χ3n) is 3.36. The Morgan fingerprint density at radius 3 is 2.57 bits per heavy atom. The van der Waals surface area contributed by atoms with E-state index in [1.165, 1.54) is 39.0 Å². The Balaban J connectivity index is 2.39. The molecule has 1 heterocycles. The zero-order valence-electron chi connectivity index (χ0n) is 10.3. The summed E-state index contributed by atoms with van der Waals surface area (Å²) in [7, 11) is 2.26. The average Bonchev–Trinajstić information content (AvgIpc) is 2.52. The molecular weight excluding hydrogens is 172 g/mol. The summed E-state index contributed by atoms with van der Waals surface area (Å²) >= 11 is 0. The van der Waals surface area contributed by atoms with Crippen molar-refractivity contribution >= 4 is 0 Å². The maximum absolute atomic E-state index is 3.50. The molecule has 0 aromatic rings. The van der Waals surface area contributed by atoms with Gasteiger partial charge in [0.1, 0.15) is 0 Å². The number of hydrogen-bond donors (Lipinski definition) is 1. The van der Waals surface area contributed by atoms with E-state index in [0.29, 0.717) is 5.41 Å². The fourth-order valence-corrected chi connectivity index (χ4v) is 2.60. The first-order chi connectivity index (χ1) is 6.58. The summed E-state index contributed by atoms with van der Waals surface area (Å²) in [5.74, 6) is 0.781. The summed E-state index contributed by atoms with van der Waals surface area (Å²) in [6, 6.07) is 0. The quantitative estimate of drug-likeness (QED) is 0.726. The van der Waals surface area contributed by atoms with Crippen molar-refractivity contribution in [2.24, 2.45) is 11.3 Å². The highest BCUT2D eigenvalue weighted by Gasteiger charge is 2.32. The van der Waals surface area contributed by atoms with Crippen molar-refractivity contribution in [2.45, 2.75) is 33.6 Å². The van der Waals surface area contributed by atoms with Gasteiger partial charge in [0.2, 0.25) is 0 Å². The first kappa shape index (κ1) is 12.0. The molecule has 1 aliphatic heterocycles. The van der Waals surface area contributed by atoms with E-state index in [2.05, 4.69) is 38.0 Å². The first-order valence-electron chi connectivity index (χ1n) is 5.97. The Labute approximate surface area is 89.1 Å². The molecule has 1 N–H and O–H groups in total. The zero-order chi connectivity index (χ0) is 10.6. The van der Waals surface area contributed by atoms with Gasteiger partial charge in [0.25, 0.3) is 0 Å².